The summed E-state index contributed by atoms with van der Waals surface area (Å²) >= 11 is 0. The maximum Gasteiger partial charge on any atom is 0.265 e. The van der Waals surface area contributed by atoms with Crippen LogP contribution in [0.3, 0.4) is 0 Å². The van der Waals surface area contributed by atoms with Crippen LogP contribution in [0.4, 0.5) is 0 Å². The Balaban J connectivity index is 1.72. The molecule has 1 aliphatic rings. The lowest BCUT2D eigenvalue weighted by Crippen LogP contribution is -2.24. The van der Waals surface area contributed by atoms with Gasteiger partial charge in [-0.05, 0) is 37.5 Å². The second-order valence-corrected chi connectivity index (χ2v) is 8.44. The van der Waals surface area contributed by atoms with E-state index in [1.165, 1.54) is 0 Å². The van der Waals surface area contributed by atoms with E-state index in [-0.39, 0.29) is 17.6 Å². The summed E-state index contributed by atoms with van der Waals surface area (Å²) in [7, 11) is 0. The average Bonchev–Trinajstić information content (AvgIpc) is 3.44. The zero-order valence-electron chi connectivity index (χ0n) is 17.4. The first kappa shape index (κ1) is 18.2. The van der Waals surface area contributed by atoms with Gasteiger partial charge in [-0.1, -0.05) is 55.3 Å². The van der Waals surface area contributed by atoms with Crippen molar-refractivity contribution >= 4 is 33.2 Å². The standard InChI is InChI=1S/C25H23N5O/c1-16(17-9-3-2-4-10-17)30-23-21(25(31)29(15-26-23)18-11-5-6-12-18)22-24(30)28-20-14-8-7-13-19(20)27-22/h2-4,7-10,13-16,18H,5-6,11-12H2,1H3/t16-/m0/s1. The van der Waals surface area contributed by atoms with E-state index in [9.17, 15) is 4.79 Å². The first-order valence-corrected chi connectivity index (χ1v) is 10.9. The summed E-state index contributed by atoms with van der Waals surface area (Å²) in [6.07, 6.45) is 6.10. The van der Waals surface area contributed by atoms with Crippen LogP contribution in [0.1, 0.15) is 50.3 Å². The predicted octanol–water partition coefficient (Wildman–Crippen LogP) is 5.02. The third kappa shape index (κ3) is 2.78. The van der Waals surface area contributed by atoms with Crippen LogP contribution >= 0.6 is 0 Å². The highest BCUT2D eigenvalue weighted by atomic mass is 16.1. The lowest BCUT2D eigenvalue weighted by atomic mass is 10.1. The van der Waals surface area contributed by atoms with Crippen molar-refractivity contribution in [3.63, 3.8) is 0 Å². The number of nitrogens with zero attached hydrogens (tertiary/aromatic N) is 5. The van der Waals surface area contributed by atoms with Gasteiger partial charge < -0.3 is 4.57 Å². The summed E-state index contributed by atoms with van der Waals surface area (Å²) < 4.78 is 3.89. The zero-order valence-corrected chi connectivity index (χ0v) is 17.4. The molecule has 3 heterocycles. The van der Waals surface area contributed by atoms with E-state index in [2.05, 4.69) is 23.6 Å². The minimum Gasteiger partial charge on any atom is -0.301 e. The topological polar surface area (TPSA) is 65.6 Å². The van der Waals surface area contributed by atoms with Crippen molar-refractivity contribution in [1.29, 1.82) is 0 Å². The number of hydrogen-bond acceptors (Lipinski definition) is 4. The van der Waals surface area contributed by atoms with Crippen LogP contribution in [0.5, 0.6) is 0 Å². The number of hydrogen-bond donors (Lipinski definition) is 0. The maximum absolute atomic E-state index is 13.7. The quantitative estimate of drug-likeness (QED) is 0.420. The highest BCUT2D eigenvalue weighted by Crippen LogP contribution is 2.32. The van der Waals surface area contributed by atoms with Gasteiger partial charge in [0.05, 0.1) is 17.1 Å². The Morgan fingerprint density at radius 1 is 0.903 bits per heavy atom. The lowest BCUT2D eigenvalue weighted by molar-refractivity contribution is 0.498. The maximum atomic E-state index is 13.7. The molecule has 0 amide bonds. The fraction of sp³-hybridized carbons (Fsp3) is 0.280. The number of para-hydroxylation sites is 2. The fourth-order valence-electron chi connectivity index (χ4n) is 4.97. The summed E-state index contributed by atoms with van der Waals surface area (Å²) in [5, 5.41) is 0.574. The fourth-order valence-corrected chi connectivity index (χ4v) is 4.97. The molecule has 0 bridgehead atoms. The number of rotatable bonds is 3. The summed E-state index contributed by atoms with van der Waals surface area (Å²) in [5.41, 5.74) is 4.73. The average molecular weight is 409 g/mol. The van der Waals surface area contributed by atoms with E-state index in [1.54, 1.807) is 6.33 Å². The summed E-state index contributed by atoms with van der Waals surface area (Å²) in [4.78, 5) is 28.3. The number of aromatic nitrogens is 5. The smallest absolute Gasteiger partial charge is 0.265 e. The molecular formula is C25H23N5O. The molecule has 1 fully saturated rings. The van der Waals surface area contributed by atoms with Gasteiger partial charge in [-0.3, -0.25) is 9.36 Å². The molecule has 6 heteroatoms. The second kappa shape index (κ2) is 7.01. The van der Waals surface area contributed by atoms with Crippen LogP contribution in [0.15, 0.2) is 65.7 Å². The number of benzene rings is 2. The Hall–Kier alpha value is -3.54. The Kier molecular flexibility index (Phi) is 4.13. The minimum atomic E-state index is -0.0362. The van der Waals surface area contributed by atoms with Crippen LogP contribution in [0.25, 0.3) is 33.2 Å². The number of fused-ring (bicyclic) bond motifs is 4. The van der Waals surface area contributed by atoms with Gasteiger partial charge in [0, 0.05) is 6.04 Å². The largest absolute Gasteiger partial charge is 0.301 e. The molecule has 0 spiro atoms. The van der Waals surface area contributed by atoms with Crippen LogP contribution in [-0.4, -0.2) is 24.1 Å². The molecule has 1 atom stereocenters. The highest BCUT2D eigenvalue weighted by molar-refractivity contribution is 6.04. The molecule has 0 radical (unpaired) electrons. The molecule has 1 saturated carbocycles. The molecule has 0 saturated heterocycles. The predicted molar refractivity (Wildman–Crippen MR) is 122 cm³/mol. The Labute approximate surface area is 179 Å². The first-order valence-electron chi connectivity index (χ1n) is 10.9. The van der Waals surface area contributed by atoms with Crippen molar-refractivity contribution < 1.29 is 0 Å². The van der Waals surface area contributed by atoms with Crippen molar-refractivity contribution in [2.75, 3.05) is 0 Å². The molecule has 6 rings (SSSR count). The summed E-state index contributed by atoms with van der Waals surface area (Å²) in [6, 6.07) is 18.3. The van der Waals surface area contributed by atoms with Crippen molar-refractivity contribution in [1.82, 2.24) is 24.1 Å². The molecule has 31 heavy (non-hydrogen) atoms. The van der Waals surface area contributed by atoms with Crippen molar-refractivity contribution in [2.45, 2.75) is 44.7 Å². The SMILES string of the molecule is C[C@@H](c1ccccc1)n1c2nc3ccccc3nc2c2c(=O)n(C3CCCC3)cnc21. The van der Waals surface area contributed by atoms with E-state index < -0.39 is 0 Å². The summed E-state index contributed by atoms with van der Waals surface area (Å²) in [6.45, 7) is 2.12. The van der Waals surface area contributed by atoms with Crippen molar-refractivity contribution in [2.24, 2.45) is 0 Å². The normalized spacial score (nSPS) is 15.9. The monoisotopic (exact) mass is 409 g/mol. The van der Waals surface area contributed by atoms with Crippen molar-refractivity contribution in [3.05, 3.63) is 76.8 Å². The van der Waals surface area contributed by atoms with Crippen LogP contribution in [0.2, 0.25) is 0 Å². The Morgan fingerprint density at radius 3 is 2.32 bits per heavy atom. The third-order valence-corrected chi connectivity index (χ3v) is 6.61. The Bertz CT molecular complexity index is 1480. The summed E-state index contributed by atoms with van der Waals surface area (Å²) in [5.74, 6) is 0. The Morgan fingerprint density at radius 2 is 1.58 bits per heavy atom. The van der Waals surface area contributed by atoms with Crippen molar-refractivity contribution in [3.8, 4) is 0 Å². The molecule has 3 aromatic heterocycles. The van der Waals surface area contributed by atoms with E-state index in [0.29, 0.717) is 22.2 Å². The van der Waals surface area contributed by atoms with Gasteiger partial charge in [0.15, 0.2) is 11.3 Å². The highest BCUT2D eigenvalue weighted by Gasteiger charge is 2.25. The van der Waals surface area contributed by atoms with Crippen LogP contribution < -0.4 is 5.56 Å². The molecule has 1 aliphatic carbocycles. The van der Waals surface area contributed by atoms with Gasteiger partial charge >= 0.3 is 0 Å². The second-order valence-electron chi connectivity index (χ2n) is 8.44. The van der Waals surface area contributed by atoms with E-state index in [1.807, 2.05) is 47.0 Å². The van der Waals surface area contributed by atoms with E-state index in [0.717, 1.165) is 42.3 Å². The van der Waals surface area contributed by atoms with E-state index >= 15 is 0 Å². The van der Waals surface area contributed by atoms with Gasteiger partial charge in [0.2, 0.25) is 0 Å². The van der Waals surface area contributed by atoms with Gasteiger partial charge in [0.1, 0.15) is 17.2 Å². The molecule has 154 valence electrons. The molecule has 0 aliphatic heterocycles. The molecule has 2 aromatic carbocycles. The zero-order chi connectivity index (χ0) is 20.9. The molecule has 5 aromatic rings. The molecule has 0 N–H and O–H groups in total. The lowest BCUT2D eigenvalue weighted by Gasteiger charge is -2.17. The molecular weight excluding hydrogens is 386 g/mol. The minimum absolute atomic E-state index is 0.00880. The van der Waals surface area contributed by atoms with Crippen LogP contribution in [-0.2, 0) is 0 Å². The third-order valence-electron chi connectivity index (χ3n) is 6.61. The van der Waals surface area contributed by atoms with Gasteiger partial charge in [0.25, 0.3) is 5.56 Å². The van der Waals surface area contributed by atoms with Gasteiger partial charge in [-0.2, -0.15) is 0 Å². The first-order chi connectivity index (χ1) is 15.2. The van der Waals surface area contributed by atoms with Gasteiger partial charge in [-0.25, -0.2) is 15.0 Å². The van der Waals surface area contributed by atoms with Gasteiger partial charge in [-0.15, -0.1) is 0 Å². The van der Waals surface area contributed by atoms with Crippen LogP contribution in [0, 0.1) is 0 Å². The van der Waals surface area contributed by atoms with E-state index in [4.69, 9.17) is 15.0 Å². The molecule has 0 unspecified atom stereocenters. The molecule has 6 nitrogen and oxygen atoms in total.